The monoisotopic (exact) mass is 528 g/mol. The van der Waals surface area contributed by atoms with E-state index in [1.165, 1.54) is 0 Å². The highest BCUT2D eigenvalue weighted by Gasteiger charge is 2.19. The Bertz CT molecular complexity index is 1600. The van der Waals surface area contributed by atoms with E-state index in [1.807, 2.05) is 60.7 Å². The van der Waals surface area contributed by atoms with Crippen molar-refractivity contribution in [1.29, 1.82) is 0 Å². The third-order valence-corrected chi connectivity index (χ3v) is 7.14. The molecule has 2 aliphatic heterocycles. The van der Waals surface area contributed by atoms with E-state index in [0.29, 0.717) is 11.1 Å². The minimum Gasteiger partial charge on any atom is -0.368 e. The number of primary amides is 2. The zero-order valence-corrected chi connectivity index (χ0v) is 21.8. The fourth-order valence-electron chi connectivity index (χ4n) is 5.19. The number of hydrogen-bond acceptors (Lipinski definition) is 6. The molecule has 198 valence electrons. The number of benzene rings is 4. The van der Waals surface area contributed by atoms with Gasteiger partial charge >= 0.3 is 0 Å². The van der Waals surface area contributed by atoms with E-state index < -0.39 is 11.8 Å². The molecule has 8 heteroatoms. The SMILES string of the molecule is NC(=O)c1ccc(-c2ccc(C(N)=O)cc2-c2cccc(C3=NCCN3)c2)c(-c2cccc(C3=NCCN3)c2)c1. The maximum absolute atomic E-state index is 12.2. The lowest BCUT2D eigenvalue weighted by Crippen LogP contribution is -2.19. The number of nitrogens with two attached hydrogens (primary N) is 2. The van der Waals surface area contributed by atoms with Gasteiger partial charge in [-0.15, -0.1) is 0 Å². The van der Waals surface area contributed by atoms with Crippen molar-refractivity contribution < 1.29 is 9.59 Å². The molecular weight excluding hydrogens is 500 g/mol. The molecule has 0 aliphatic carbocycles. The molecule has 0 spiro atoms. The second kappa shape index (κ2) is 10.5. The van der Waals surface area contributed by atoms with Crippen LogP contribution in [0.15, 0.2) is 94.9 Å². The van der Waals surface area contributed by atoms with E-state index in [1.54, 1.807) is 12.1 Å². The third kappa shape index (κ3) is 4.82. The van der Waals surface area contributed by atoms with Crippen LogP contribution in [0.2, 0.25) is 0 Å². The highest BCUT2D eigenvalue weighted by atomic mass is 16.1. The van der Waals surface area contributed by atoms with Gasteiger partial charge in [0.25, 0.3) is 0 Å². The van der Waals surface area contributed by atoms with Crippen molar-refractivity contribution in [2.75, 3.05) is 26.2 Å². The van der Waals surface area contributed by atoms with Crippen LogP contribution >= 0.6 is 0 Å². The molecule has 8 nitrogen and oxygen atoms in total. The van der Waals surface area contributed by atoms with Crippen molar-refractivity contribution in [2.24, 2.45) is 21.5 Å². The first-order valence-corrected chi connectivity index (χ1v) is 13.1. The molecule has 6 rings (SSSR count). The Morgan fingerprint density at radius 2 is 0.975 bits per heavy atom. The number of amidine groups is 2. The van der Waals surface area contributed by atoms with Gasteiger partial charge in [-0.1, -0.05) is 48.5 Å². The van der Waals surface area contributed by atoms with Gasteiger partial charge in [0.05, 0.1) is 13.1 Å². The topological polar surface area (TPSA) is 135 Å². The minimum absolute atomic E-state index is 0.406. The van der Waals surface area contributed by atoms with Gasteiger partial charge in [0, 0.05) is 35.3 Å². The van der Waals surface area contributed by atoms with Crippen LogP contribution in [0.25, 0.3) is 33.4 Å². The number of nitrogens with one attached hydrogen (secondary N) is 2. The van der Waals surface area contributed by atoms with Crippen LogP contribution in [0.4, 0.5) is 0 Å². The van der Waals surface area contributed by atoms with Crippen molar-refractivity contribution in [1.82, 2.24) is 10.6 Å². The van der Waals surface area contributed by atoms with Gasteiger partial charge in [-0.05, 0) is 69.8 Å². The smallest absolute Gasteiger partial charge is 0.248 e. The molecule has 0 saturated carbocycles. The van der Waals surface area contributed by atoms with Gasteiger partial charge in [0.15, 0.2) is 0 Å². The number of carbonyl (C=O) groups is 2. The van der Waals surface area contributed by atoms with E-state index in [9.17, 15) is 9.59 Å². The molecule has 0 unspecified atom stereocenters. The van der Waals surface area contributed by atoms with Crippen LogP contribution in [0.5, 0.6) is 0 Å². The third-order valence-electron chi connectivity index (χ3n) is 7.14. The lowest BCUT2D eigenvalue weighted by molar-refractivity contribution is 0.0992. The summed E-state index contributed by atoms with van der Waals surface area (Å²) < 4.78 is 0. The van der Waals surface area contributed by atoms with Crippen molar-refractivity contribution >= 4 is 23.5 Å². The van der Waals surface area contributed by atoms with Crippen LogP contribution < -0.4 is 22.1 Å². The molecule has 40 heavy (non-hydrogen) atoms. The molecule has 0 bridgehead atoms. The van der Waals surface area contributed by atoms with Gasteiger partial charge < -0.3 is 22.1 Å². The molecule has 2 aliphatic rings. The summed E-state index contributed by atoms with van der Waals surface area (Å²) in [6.45, 7) is 3.08. The molecule has 4 aromatic carbocycles. The maximum Gasteiger partial charge on any atom is 0.248 e. The first kappa shape index (κ1) is 25.1. The van der Waals surface area contributed by atoms with Crippen LogP contribution in [0.1, 0.15) is 31.8 Å². The second-order valence-corrected chi connectivity index (χ2v) is 9.73. The molecule has 0 atom stereocenters. The van der Waals surface area contributed by atoms with Gasteiger partial charge in [0.1, 0.15) is 11.7 Å². The van der Waals surface area contributed by atoms with E-state index in [4.69, 9.17) is 11.5 Å². The standard InChI is InChI=1S/C32H28N6O2/c33-29(39)21-7-9-25(27(17-21)19-3-1-5-23(15-19)31-35-11-12-36-31)26-10-8-22(30(34)40)18-28(26)20-4-2-6-24(16-20)32-37-13-14-38-32/h1-10,15-18H,11-14H2,(H2,33,39)(H2,34,40)(H,35,36)(H,37,38). The molecule has 4 aromatic rings. The average Bonchev–Trinajstić information content (AvgIpc) is 3.72. The van der Waals surface area contributed by atoms with Crippen molar-refractivity contribution in [3.63, 3.8) is 0 Å². The van der Waals surface area contributed by atoms with E-state index in [0.717, 1.165) is 82.4 Å². The van der Waals surface area contributed by atoms with E-state index in [-0.39, 0.29) is 0 Å². The number of rotatable bonds is 7. The summed E-state index contributed by atoms with van der Waals surface area (Å²) >= 11 is 0. The van der Waals surface area contributed by atoms with Crippen LogP contribution in [0, 0.1) is 0 Å². The molecule has 0 aromatic heterocycles. The first-order valence-electron chi connectivity index (χ1n) is 13.1. The Kier molecular flexibility index (Phi) is 6.57. The molecule has 2 amide bonds. The van der Waals surface area contributed by atoms with Gasteiger partial charge in [-0.2, -0.15) is 0 Å². The number of hydrogen-bond donors (Lipinski definition) is 4. The maximum atomic E-state index is 12.2. The van der Waals surface area contributed by atoms with E-state index in [2.05, 4.69) is 32.8 Å². The normalized spacial score (nSPS) is 14.2. The highest BCUT2D eigenvalue weighted by Crippen LogP contribution is 2.40. The molecular formula is C32H28N6O2. The van der Waals surface area contributed by atoms with Crippen LogP contribution in [-0.2, 0) is 0 Å². The Morgan fingerprint density at radius 1 is 0.550 bits per heavy atom. The second-order valence-electron chi connectivity index (χ2n) is 9.73. The highest BCUT2D eigenvalue weighted by molar-refractivity contribution is 6.04. The Balaban J connectivity index is 1.56. The predicted octanol–water partition coefficient (Wildman–Crippen LogP) is 3.59. The van der Waals surface area contributed by atoms with Gasteiger partial charge in [-0.25, -0.2) is 0 Å². The molecule has 6 N–H and O–H groups in total. The number of nitrogens with zero attached hydrogens (tertiary/aromatic N) is 2. The van der Waals surface area contributed by atoms with Crippen molar-refractivity contribution in [3.8, 4) is 33.4 Å². The summed E-state index contributed by atoms with van der Waals surface area (Å²) in [5.41, 5.74) is 19.4. The fraction of sp³-hybridized carbons (Fsp3) is 0.125. The summed E-state index contributed by atoms with van der Waals surface area (Å²) in [4.78, 5) is 33.5. The fourth-order valence-corrected chi connectivity index (χ4v) is 5.19. The Hall–Kier alpha value is -5.24. The molecule has 0 fully saturated rings. The molecule has 2 heterocycles. The van der Waals surface area contributed by atoms with Gasteiger partial charge in [0.2, 0.25) is 11.8 Å². The van der Waals surface area contributed by atoms with E-state index >= 15 is 0 Å². The van der Waals surface area contributed by atoms with Gasteiger partial charge in [-0.3, -0.25) is 19.6 Å². The first-order chi connectivity index (χ1) is 19.5. The van der Waals surface area contributed by atoms with Crippen molar-refractivity contribution in [3.05, 3.63) is 107 Å². The Morgan fingerprint density at radius 3 is 1.35 bits per heavy atom. The number of carbonyl (C=O) groups excluding carboxylic acids is 2. The van der Waals surface area contributed by atoms with Crippen LogP contribution in [0.3, 0.4) is 0 Å². The molecule has 0 radical (unpaired) electrons. The number of amides is 2. The molecule has 0 saturated heterocycles. The zero-order chi connectivity index (χ0) is 27.6. The summed E-state index contributed by atoms with van der Waals surface area (Å²) in [6, 6.07) is 27.0. The summed E-state index contributed by atoms with van der Waals surface area (Å²) in [7, 11) is 0. The lowest BCUT2D eigenvalue weighted by atomic mass is 9.86. The van der Waals surface area contributed by atoms with Crippen LogP contribution in [-0.4, -0.2) is 49.7 Å². The number of aliphatic imine (C=N–C) groups is 2. The lowest BCUT2D eigenvalue weighted by Gasteiger charge is -2.18. The summed E-state index contributed by atoms with van der Waals surface area (Å²) in [5.74, 6) is 0.683. The predicted molar refractivity (Wildman–Crippen MR) is 159 cm³/mol. The minimum atomic E-state index is -0.507. The average molecular weight is 529 g/mol. The largest absolute Gasteiger partial charge is 0.368 e. The Labute approximate surface area is 231 Å². The summed E-state index contributed by atoms with van der Waals surface area (Å²) in [6.07, 6.45) is 0. The zero-order valence-electron chi connectivity index (χ0n) is 21.8. The quantitative estimate of drug-likeness (QED) is 0.292. The van der Waals surface area contributed by atoms with Crippen molar-refractivity contribution in [2.45, 2.75) is 0 Å². The summed E-state index contributed by atoms with van der Waals surface area (Å²) in [5, 5.41) is 6.64.